The van der Waals surface area contributed by atoms with E-state index in [9.17, 15) is 16.8 Å². The van der Waals surface area contributed by atoms with E-state index in [0.717, 1.165) is 0 Å². The van der Waals surface area contributed by atoms with Gasteiger partial charge in [-0.1, -0.05) is 0 Å². The summed E-state index contributed by atoms with van der Waals surface area (Å²) in [4.78, 5) is 0. The Kier molecular flexibility index (Phi) is 11.1. The Bertz CT molecular complexity index is 287. The van der Waals surface area contributed by atoms with Gasteiger partial charge in [-0.2, -0.15) is 22.1 Å². The third-order valence-electron chi connectivity index (χ3n) is 0. The lowest BCUT2D eigenvalue weighted by atomic mass is 11.0. The molecule has 0 aliphatic heterocycles. The van der Waals surface area contributed by atoms with E-state index in [1.807, 2.05) is 0 Å². The van der Waals surface area contributed by atoms with Crippen molar-refractivity contribution in [2.45, 2.75) is 6.92 Å². The van der Waals surface area contributed by atoms with E-state index in [4.69, 9.17) is 14.4 Å². The first-order chi connectivity index (χ1) is 5.41. The summed E-state index contributed by atoms with van der Waals surface area (Å²) in [6, 6.07) is 1.75. The zero-order chi connectivity index (χ0) is 11.7. The number of nitriles is 1. The van der Waals surface area contributed by atoms with E-state index in [0.29, 0.717) is 12.5 Å². The van der Waals surface area contributed by atoms with Crippen molar-refractivity contribution in [2.75, 3.05) is 12.5 Å². The van der Waals surface area contributed by atoms with Gasteiger partial charge in [-0.15, -0.1) is 0 Å². The Hall–Kier alpha value is -0.690. The molecule has 0 aliphatic carbocycles. The second-order valence-corrected chi connectivity index (χ2v) is 4.62. The van der Waals surface area contributed by atoms with Gasteiger partial charge in [0.15, 0.2) is 0 Å². The quantitative estimate of drug-likeness (QED) is 0.540. The summed E-state index contributed by atoms with van der Waals surface area (Å²) in [6.45, 7) is 1.43. The first-order valence-electron chi connectivity index (χ1n) is 2.57. The molecule has 0 aromatic carbocycles. The van der Waals surface area contributed by atoms with Gasteiger partial charge >= 0.3 is 0 Å². The minimum Gasteiger partial charge on any atom is -0.286 e. The molecule has 0 unspecified atom stereocenters. The number of hydrogen-bond donors (Lipinski definition) is 2. The van der Waals surface area contributed by atoms with E-state index in [2.05, 4.69) is 0 Å². The van der Waals surface area contributed by atoms with Crippen LogP contribution in [0, 0.1) is 11.3 Å². The van der Waals surface area contributed by atoms with Gasteiger partial charge in [-0.05, 0) is 0 Å². The van der Waals surface area contributed by atoms with Crippen molar-refractivity contribution in [3.8, 4) is 6.07 Å². The van der Waals surface area contributed by atoms with Gasteiger partial charge in [0.1, 0.15) is 0 Å². The molecule has 0 bridgehead atoms. The third-order valence-corrected chi connectivity index (χ3v) is 0. The van der Waals surface area contributed by atoms with Gasteiger partial charge in [0, 0.05) is 6.92 Å². The summed E-state index contributed by atoms with van der Waals surface area (Å²) in [5, 5.41) is 7.32. The smallest absolute Gasteiger partial charge is 0.261 e. The van der Waals surface area contributed by atoms with Gasteiger partial charge in [-0.25, -0.2) is 0 Å². The summed E-state index contributed by atoms with van der Waals surface area (Å²) in [6.07, 6.45) is 1.43. The van der Waals surface area contributed by atoms with Crippen molar-refractivity contribution in [3.05, 3.63) is 0 Å². The lowest BCUT2D eigenvalue weighted by Crippen LogP contribution is -1.88. The summed E-state index contributed by atoms with van der Waals surface area (Å²) >= 11 is 0. The average molecular weight is 233 g/mol. The molecule has 0 aromatic heterocycles. The van der Waals surface area contributed by atoms with Crippen molar-refractivity contribution in [2.24, 2.45) is 0 Å². The summed E-state index contributed by atoms with van der Waals surface area (Å²) in [5.41, 5.74) is 0. The third kappa shape index (κ3) is 2060. The van der Waals surface area contributed by atoms with Crippen LogP contribution in [0.1, 0.15) is 6.92 Å². The van der Waals surface area contributed by atoms with Crippen LogP contribution in [0.25, 0.3) is 0 Å². The highest BCUT2D eigenvalue weighted by atomic mass is 32.2. The Morgan fingerprint density at radius 1 is 1.00 bits per heavy atom. The van der Waals surface area contributed by atoms with Crippen molar-refractivity contribution >= 4 is 20.2 Å². The molecule has 80 valence electrons. The van der Waals surface area contributed by atoms with E-state index in [1.165, 1.54) is 6.92 Å². The first kappa shape index (κ1) is 18.2. The van der Waals surface area contributed by atoms with Crippen LogP contribution in [0.15, 0.2) is 0 Å². The highest BCUT2D eigenvalue weighted by Gasteiger charge is 1.81. The van der Waals surface area contributed by atoms with Crippen molar-refractivity contribution < 1.29 is 25.9 Å². The molecule has 0 amide bonds. The predicted octanol–water partition coefficient (Wildman–Crippen LogP) is -0.462. The molecule has 0 aromatic rings. The van der Waals surface area contributed by atoms with Crippen LogP contribution in [-0.2, 0) is 20.2 Å². The van der Waals surface area contributed by atoms with Gasteiger partial charge < -0.3 is 0 Å². The van der Waals surface area contributed by atoms with Gasteiger partial charge in [-0.3, -0.25) is 9.11 Å². The topological polar surface area (TPSA) is 133 Å². The van der Waals surface area contributed by atoms with Crippen LogP contribution in [0.3, 0.4) is 0 Å². The molecule has 0 aliphatic rings. The van der Waals surface area contributed by atoms with E-state index in [-0.39, 0.29) is 0 Å². The molecule has 0 rings (SSSR count). The molecular weight excluding hydrogens is 222 g/mol. The lowest BCUT2D eigenvalue weighted by molar-refractivity contribution is 0.488. The largest absolute Gasteiger partial charge is 0.286 e. The van der Waals surface area contributed by atoms with E-state index < -0.39 is 20.2 Å². The van der Waals surface area contributed by atoms with Crippen LogP contribution < -0.4 is 0 Å². The molecule has 0 radical (unpaired) electrons. The molecule has 0 spiro atoms. The van der Waals surface area contributed by atoms with Crippen molar-refractivity contribution in [1.29, 1.82) is 5.26 Å². The Labute approximate surface area is 77.5 Å². The molecule has 0 heterocycles. The molecule has 0 saturated carbocycles. The fraction of sp³-hybridized carbons (Fsp3) is 0.750. The fourth-order valence-corrected chi connectivity index (χ4v) is 0. The summed E-state index contributed by atoms with van der Waals surface area (Å²) in [7, 11) is -7.33. The Balaban J connectivity index is -0.000000120. The lowest BCUT2D eigenvalue weighted by Gasteiger charge is -1.69. The Morgan fingerprint density at radius 2 is 1.00 bits per heavy atom. The minimum atomic E-state index is -3.67. The maximum absolute atomic E-state index is 9.19. The number of hydrogen-bond acceptors (Lipinski definition) is 5. The van der Waals surface area contributed by atoms with E-state index in [1.54, 1.807) is 6.07 Å². The average Bonchev–Trinajstić information content (AvgIpc) is 1.52. The number of nitrogens with zero attached hydrogens (tertiary/aromatic N) is 1. The van der Waals surface area contributed by atoms with Crippen LogP contribution in [0.2, 0.25) is 0 Å². The Morgan fingerprint density at radius 3 is 1.00 bits per heavy atom. The van der Waals surface area contributed by atoms with Gasteiger partial charge in [0.05, 0.1) is 18.6 Å². The normalized spacial score (nSPS) is 9.54. The molecular formula is C4H11NO6S2. The SMILES string of the molecule is CC#N.CS(=O)(=O)O.CS(=O)(=O)O. The molecule has 0 atom stereocenters. The van der Waals surface area contributed by atoms with Crippen LogP contribution in [0.5, 0.6) is 0 Å². The van der Waals surface area contributed by atoms with Crippen LogP contribution >= 0.6 is 0 Å². The highest BCUT2D eigenvalue weighted by Crippen LogP contribution is 1.60. The number of rotatable bonds is 0. The maximum Gasteiger partial charge on any atom is 0.261 e. The highest BCUT2D eigenvalue weighted by molar-refractivity contribution is 7.85. The molecule has 7 nitrogen and oxygen atoms in total. The maximum atomic E-state index is 9.19. The molecule has 0 saturated heterocycles. The van der Waals surface area contributed by atoms with Crippen LogP contribution in [-0.4, -0.2) is 38.5 Å². The molecule has 13 heavy (non-hydrogen) atoms. The molecule has 9 heteroatoms. The van der Waals surface area contributed by atoms with Gasteiger partial charge in [0.25, 0.3) is 20.2 Å². The first-order valence-corrected chi connectivity index (χ1v) is 6.27. The summed E-state index contributed by atoms with van der Waals surface area (Å²) in [5.74, 6) is 0. The molecule has 0 fully saturated rings. The van der Waals surface area contributed by atoms with Crippen LogP contribution in [0.4, 0.5) is 0 Å². The zero-order valence-electron chi connectivity index (χ0n) is 7.29. The van der Waals surface area contributed by atoms with Gasteiger partial charge in [0.2, 0.25) is 0 Å². The monoisotopic (exact) mass is 233 g/mol. The second kappa shape index (κ2) is 7.93. The fourth-order valence-electron chi connectivity index (χ4n) is 0. The van der Waals surface area contributed by atoms with Crippen molar-refractivity contribution in [1.82, 2.24) is 0 Å². The van der Waals surface area contributed by atoms with Crippen molar-refractivity contribution in [3.63, 3.8) is 0 Å². The summed E-state index contributed by atoms with van der Waals surface area (Å²) < 4.78 is 51.7. The van der Waals surface area contributed by atoms with E-state index >= 15 is 0 Å². The minimum absolute atomic E-state index is 0.715. The second-order valence-electron chi connectivity index (χ2n) is 1.69. The predicted molar refractivity (Wildman–Crippen MR) is 46.2 cm³/mol. The standard InChI is InChI=1S/C2H3N.2CH4O3S/c1-2-3;2*1-5(2,3)4/h1H3;2*1H3,(H,2,3,4). The molecule has 2 N–H and O–H groups in total. The zero-order valence-corrected chi connectivity index (χ0v) is 8.92.